The fourth-order valence-electron chi connectivity index (χ4n) is 3.22. The fourth-order valence-corrected chi connectivity index (χ4v) is 3.22. The molecule has 0 bridgehead atoms. The summed E-state index contributed by atoms with van der Waals surface area (Å²) in [5.74, 6) is 2.21. The molecule has 6 nitrogen and oxygen atoms in total. The minimum Gasteiger partial charge on any atom is -0.353 e. The summed E-state index contributed by atoms with van der Waals surface area (Å²) >= 11 is 0. The lowest BCUT2D eigenvalue weighted by Crippen LogP contribution is -2.47. The summed E-state index contributed by atoms with van der Waals surface area (Å²) in [5, 5.41) is 4.44. The maximum atomic E-state index is 4.64. The number of aryl methyl sites for hydroxylation is 2. The molecule has 4 rings (SSSR count). The summed E-state index contributed by atoms with van der Waals surface area (Å²) in [4.78, 5) is 14.0. The van der Waals surface area contributed by atoms with Crippen molar-refractivity contribution in [1.29, 1.82) is 0 Å². The molecule has 3 aromatic heterocycles. The van der Waals surface area contributed by atoms with Gasteiger partial charge in [0.15, 0.2) is 5.65 Å². The Kier molecular flexibility index (Phi) is 3.80. The van der Waals surface area contributed by atoms with Crippen molar-refractivity contribution >= 4 is 17.3 Å². The van der Waals surface area contributed by atoms with Gasteiger partial charge in [0, 0.05) is 49.7 Å². The van der Waals surface area contributed by atoms with Gasteiger partial charge in [0.2, 0.25) is 0 Å². The van der Waals surface area contributed by atoms with Gasteiger partial charge in [-0.1, -0.05) is 13.0 Å². The van der Waals surface area contributed by atoms with Gasteiger partial charge in [-0.25, -0.2) is 9.97 Å². The number of hydrogen-bond donors (Lipinski definition) is 0. The van der Waals surface area contributed by atoms with Crippen LogP contribution in [0.2, 0.25) is 0 Å². The van der Waals surface area contributed by atoms with E-state index in [4.69, 9.17) is 0 Å². The quantitative estimate of drug-likeness (QED) is 0.741. The topological polar surface area (TPSA) is 49.6 Å². The zero-order valence-corrected chi connectivity index (χ0v) is 14.2. The Hall–Kier alpha value is -2.63. The summed E-state index contributed by atoms with van der Waals surface area (Å²) in [7, 11) is 0. The Labute approximate surface area is 141 Å². The molecule has 4 heterocycles. The highest BCUT2D eigenvalue weighted by molar-refractivity contribution is 5.52. The van der Waals surface area contributed by atoms with Crippen molar-refractivity contribution in [2.45, 2.75) is 20.3 Å². The van der Waals surface area contributed by atoms with E-state index in [9.17, 15) is 0 Å². The van der Waals surface area contributed by atoms with E-state index in [-0.39, 0.29) is 0 Å². The van der Waals surface area contributed by atoms with Gasteiger partial charge in [-0.2, -0.15) is 9.61 Å². The van der Waals surface area contributed by atoms with Gasteiger partial charge in [0.1, 0.15) is 11.6 Å². The lowest BCUT2D eigenvalue weighted by molar-refractivity contribution is 0.632. The number of pyridine rings is 1. The number of anilines is 2. The molecule has 0 atom stereocenters. The molecule has 0 saturated carbocycles. The smallest absolute Gasteiger partial charge is 0.157 e. The summed E-state index contributed by atoms with van der Waals surface area (Å²) in [6.45, 7) is 8.01. The second-order valence-electron chi connectivity index (χ2n) is 6.17. The third-order valence-corrected chi connectivity index (χ3v) is 4.56. The first-order valence-electron chi connectivity index (χ1n) is 8.52. The van der Waals surface area contributed by atoms with Crippen molar-refractivity contribution in [3.63, 3.8) is 0 Å². The van der Waals surface area contributed by atoms with Crippen LogP contribution in [0.1, 0.15) is 18.3 Å². The lowest BCUT2D eigenvalue weighted by atomic mass is 10.2. The van der Waals surface area contributed by atoms with Crippen molar-refractivity contribution in [3.05, 3.63) is 47.9 Å². The predicted octanol–water partition coefficient (Wildman–Crippen LogP) is 2.32. The van der Waals surface area contributed by atoms with E-state index < -0.39 is 0 Å². The third-order valence-electron chi connectivity index (χ3n) is 4.56. The third kappa shape index (κ3) is 2.68. The van der Waals surface area contributed by atoms with Gasteiger partial charge in [-0.15, -0.1) is 0 Å². The second-order valence-corrected chi connectivity index (χ2v) is 6.17. The highest BCUT2D eigenvalue weighted by Gasteiger charge is 2.21. The molecule has 1 saturated heterocycles. The normalized spacial score (nSPS) is 15.2. The maximum absolute atomic E-state index is 4.64. The Balaban J connectivity index is 1.57. The van der Waals surface area contributed by atoms with Crippen molar-refractivity contribution in [3.8, 4) is 0 Å². The molecule has 3 aromatic rings. The van der Waals surface area contributed by atoms with Crippen LogP contribution in [-0.4, -0.2) is 45.8 Å². The van der Waals surface area contributed by atoms with Crippen LogP contribution in [0.25, 0.3) is 5.65 Å². The predicted molar refractivity (Wildman–Crippen MR) is 95.8 cm³/mol. The minimum atomic E-state index is 0.923. The van der Waals surface area contributed by atoms with Crippen molar-refractivity contribution in [2.75, 3.05) is 36.0 Å². The van der Waals surface area contributed by atoms with Crippen LogP contribution in [0.3, 0.4) is 0 Å². The van der Waals surface area contributed by atoms with E-state index in [0.29, 0.717) is 0 Å². The standard InChI is InChI=1S/C18H22N6/c1-3-15-13-18(24-17(21-15)7-8-19-24)23-11-9-22(10-12-23)16-6-4-5-14(2)20-16/h4-8,13H,3,9-12H2,1-2H3. The molecule has 0 N–H and O–H groups in total. The zero-order chi connectivity index (χ0) is 16.5. The molecule has 6 heteroatoms. The molecule has 1 fully saturated rings. The monoisotopic (exact) mass is 322 g/mol. The molecule has 24 heavy (non-hydrogen) atoms. The largest absolute Gasteiger partial charge is 0.353 e. The van der Waals surface area contributed by atoms with Gasteiger partial charge in [0.05, 0.1) is 6.20 Å². The molecule has 0 unspecified atom stereocenters. The number of hydrogen-bond acceptors (Lipinski definition) is 5. The van der Waals surface area contributed by atoms with Crippen LogP contribution in [0.5, 0.6) is 0 Å². The molecule has 0 radical (unpaired) electrons. The molecular formula is C18H22N6. The maximum Gasteiger partial charge on any atom is 0.157 e. The number of fused-ring (bicyclic) bond motifs is 1. The number of nitrogens with zero attached hydrogens (tertiary/aromatic N) is 6. The van der Waals surface area contributed by atoms with Gasteiger partial charge in [-0.3, -0.25) is 0 Å². The molecule has 1 aliphatic heterocycles. The van der Waals surface area contributed by atoms with Crippen molar-refractivity contribution in [2.24, 2.45) is 0 Å². The highest BCUT2D eigenvalue weighted by Crippen LogP contribution is 2.21. The van der Waals surface area contributed by atoms with E-state index >= 15 is 0 Å². The van der Waals surface area contributed by atoms with E-state index in [2.05, 4.69) is 50.0 Å². The molecule has 1 aliphatic rings. The molecular weight excluding hydrogens is 300 g/mol. The summed E-state index contributed by atoms with van der Waals surface area (Å²) < 4.78 is 1.94. The first-order valence-corrected chi connectivity index (χ1v) is 8.52. The first kappa shape index (κ1) is 14.9. The molecule has 0 spiro atoms. The van der Waals surface area contributed by atoms with Crippen LogP contribution >= 0.6 is 0 Å². The van der Waals surface area contributed by atoms with Gasteiger partial charge in [0.25, 0.3) is 0 Å². The van der Waals surface area contributed by atoms with E-state index in [1.54, 1.807) is 0 Å². The Morgan fingerprint density at radius 3 is 2.54 bits per heavy atom. The SMILES string of the molecule is CCc1cc(N2CCN(c3cccc(C)n3)CC2)n2nccc2n1. The lowest BCUT2D eigenvalue weighted by Gasteiger charge is -2.36. The zero-order valence-electron chi connectivity index (χ0n) is 14.2. The van der Waals surface area contributed by atoms with Gasteiger partial charge < -0.3 is 9.80 Å². The van der Waals surface area contributed by atoms with Crippen LogP contribution in [0.15, 0.2) is 36.5 Å². The van der Waals surface area contributed by atoms with E-state index in [1.807, 2.05) is 29.8 Å². The van der Waals surface area contributed by atoms with E-state index in [1.165, 1.54) is 0 Å². The average molecular weight is 322 g/mol. The average Bonchev–Trinajstić information content (AvgIpc) is 3.09. The summed E-state index contributed by atoms with van der Waals surface area (Å²) in [5.41, 5.74) is 3.10. The van der Waals surface area contributed by atoms with Gasteiger partial charge >= 0.3 is 0 Å². The van der Waals surface area contributed by atoms with E-state index in [0.717, 1.165) is 61.3 Å². The Morgan fingerprint density at radius 2 is 1.79 bits per heavy atom. The van der Waals surface area contributed by atoms with Crippen LogP contribution < -0.4 is 9.80 Å². The number of rotatable bonds is 3. The van der Waals surface area contributed by atoms with Crippen molar-refractivity contribution < 1.29 is 0 Å². The fraction of sp³-hybridized carbons (Fsp3) is 0.389. The Bertz CT molecular complexity index is 848. The van der Waals surface area contributed by atoms with Crippen LogP contribution in [-0.2, 0) is 6.42 Å². The molecule has 0 aliphatic carbocycles. The summed E-state index contributed by atoms with van der Waals surface area (Å²) in [6, 6.07) is 10.3. The first-order chi connectivity index (χ1) is 11.7. The van der Waals surface area contributed by atoms with Crippen LogP contribution in [0, 0.1) is 6.92 Å². The second kappa shape index (κ2) is 6.11. The van der Waals surface area contributed by atoms with Crippen molar-refractivity contribution in [1.82, 2.24) is 19.6 Å². The molecule has 0 aromatic carbocycles. The molecule has 124 valence electrons. The van der Waals surface area contributed by atoms with Crippen LogP contribution in [0.4, 0.5) is 11.6 Å². The molecule has 0 amide bonds. The number of aromatic nitrogens is 4. The van der Waals surface area contributed by atoms with Gasteiger partial charge in [-0.05, 0) is 25.5 Å². The minimum absolute atomic E-state index is 0.923. The number of piperazine rings is 1. The Morgan fingerprint density at radius 1 is 1.00 bits per heavy atom. The summed E-state index contributed by atoms with van der Waals surface area (Å²) in [6.07, 6.45) is 2.75. The highest BCUT2D eigenvalue weighted by atomic mass is 15.4.